The van der Waals surface area contributed by atoms with E-state index < -0.39 is 10.0 Å². The molecule has 19 heavy (non-hydrogen) atoms. The Morgan fingerprint density at radius 1 is 1.37 bits per heavy atom. The summed E-state index contributed by atoms with van der Waals surface area (Å²) >= 11 is 3.26. The lowest BCUT2D eigenvalue weighted by Gasteiger charge is -2.25. The van der Waals surface area contributed by atoms with Gasteiger partial charge < -0.3 is 5.32 Å². The van der Waals surface area contributed by atoms with E-state index in [0.717, 1.165) is 25.7 Å². The van der Waals surface area contributed by atoms with Crippen LogP contribution in [0.5, 0.6) is 0 Å². The van der Waals surface area contributed by atoms with Gasteiger partial charge in [0.2, 0.25) is 10.0 Å². The Morgan fingerprint density at radius 2 is 2.00 bits per heavy atom. The number of nitrogens with one attached hydrogen (secondary N) is 2. The van der Waals surface area contributed by atoms with E-state index in [0.29, 0.717) is 10.3 Å². The molecule has 1 aromatic heterocycles. The molecule has 0 unspecified atom stereocenters. The van der Waals surface area contributed by atoms with E-state index in [4.69, 9.17) is 0 Å². The maximum Gasteiger partial charge on any atom is 0.244 e. The quantitative estimate of drug-likeness (QED) is 0.877. The smallest absolute Gasteiger partial charge is 0.244 e. The van der Waals surface area contributed by atoms with Crippen LogP contribution in [0.2, 0.25) is 0 Å². The summed E-state index contributed by atoms with van der Waals surface area (Å²) in [6.45, 7) is 1.96. The standard InChI is InChI=1S/C12H18BrN3O2S/c1-12(5-3-4-6-12)16-19(17,18)10-7-9(13)8-15-11(10)14-2/h7-8,16H,3-6H2,1-2H3,(H,14,15). The van der Waals surface area contributed by atoms with Crippen LogP contribution in [-0.4, -0.2) is 26.0 Å². The average Bonchev–Trinajstić information content (AvgIpc) is 2.74. The fourth-order valence-corrected chi connectivity index (χ4v) is 4.59. The summed E-state index contributed by atoms with van der Waals surface area (Å²) in [6.07, 6.45) is 5.45. The minimum absolute atomic E-state index is 0.178. The molecule has 0 aromatic carbocycles. The molecule has 0 aliphatic heterocycles. The van der Waals surface area contributed by atoms with Gasteiger partial charge in [-0.25, -0.2) is 18.1 Å². The van der Waals surface area contributed by atoms with Crippen LogP contribution in [0.15, 0.2) is 21.6 Å². The second kappa shape index (κ2) is 5.38. The molecule has 0 radical (unpaired) electrons. The highest BCUT2D eigenvalue weighted by molar-refractivity contribution is 9.10. The van der Waals surface area contributed by atoms with E-state index in [1.165, 1.54) is 0 Å². The molecular formula is C12H18BrN3O2S. The lowest BCUT2D eigenvalue weighted by atomic mass is 10.0. The maximum atomic E-state index is 12.5. The molecule has 1 saturated carbocycles. The topological polar surface area (TPSA) is 71.1 Å². The van der Waals surface area contributed by atoms with Gasteiger partial charge in [-0.3, -0.25) is 0 Å². The zero-order valence-electron chi connectivity index (χ0n) is 11.0. The SMILES string of the molecule is CNc1ncc(Br)cc1S(=O)(=O)NC1(C)CCCC1. The van der Waals surface area contributed by atoms with Gasteiger partial charge in [-0.15, -0.1) is 0 Å². The molecule has 7 heteroatoms. The number of pyridine rings is 1. The summed E-state index contributed by atoms with van der Waals surface area (Å²) in [6, 6.07) is 1.57. The fraction of sp³-hybridized carbons (Fsp3) is 0.583. The van der Waals surface area contributed by atoms with Crippen molar-refractivity contribution in [1.29, 1.82) is 0 Å². The van der Waals surface area contributed by atoms with Gasteiger partial charge in [-0.1, -0.05) is 12.8 Å². The van der Waals surface area contributed by atoms with E-state index in [9.17, 15) is 8.42 Å². The van der Waals surface area contributed by atoms with Crippen LogP contribution in [0.3, 0.4) is 0 Å². The monoisotopic (exact) mass is 347 g/mol. The zero-order valence-corrected chi connectivity index (χ0v) is 13.4. The Morgan fingerprint density at radius 3 is 2.58 bits per heavy atom. The highest BCUT2D eigenvalue weighted by Gasteiger charge is 2.34. The summed E-state index contributed by atoms with van der Waals surface area (Å²) in [5.74, 6) is 0.359. The first kappa shape index (κ1) is 14.7. The van der Waals surface area contributed by atoms with Crippen molar-refractivity contribution < 1.29 is 8.42 Å². The predicted octanol–water partition coefficient (Wildman–Crippen LogP) is 2.50. The molecule has 1 fully saturated rings. The Kier molecular flexibility index (Phi) is 4.17. The molecule has 1 heterocycles. The number of nitrogens with zero attached hydrogens (tertiary/aromatic N) is 1. The largest absolute Gasteiger partial charge is 0.372 e. The van der Waals surface area contributed by atoms with Gasteiger partial charge in [-0.2, -0.15) is 0 Å². The third-order valence-corrected chi connectivity index (χ3v) is 5.52. The summed E-state index contributed by atoms with van der Waals surface area (Å²) in [5, 5.41) is 2.82. The average molecular weight is 348 g/mol. The van der Waals surface area contributed by atoms with Gasteiger partial charge in [0.15, 0.2) is 0 Å². The van der Waals surface area contributed by atoms with Gasteiger partial charge in [0.25, 0.3) is 0 Å². The molecule has 1 aromatic rings. The van der Waals surface area contributed by atoms with E-state index in [-0.39, 0.29) is 10.4 Å². The molecule has 0 spiro atoms. The molecule has 106 valence electrons. The Bertz CT molecular complexity index is 568. The predicted molar refractivity (Wildman–Crippen MR) is 78.7 cm³/mol. The van der Waals surface area contributed by atoms with Crippen LogP contribution in [0, 0.1) is 0 Å². The van der Waals surface area contributed by atoms with E-state index in [1.54, 1.807) is 19.3 Å². The lowest BCUT2D eigenvalue weighted by molar-refractivity contribution is 0.427. The van der Waals surface area contributed by atoms with Crippen molar-refractivity contribution in [2.45, 2.75) is 43.0 Å². The van der Waals surface area contributed by atoms with Crippen LogP contribution < -0.4 is 10.0 Å². The number of sulfonamides is 1. The first-order chi connectivity index (χ1) is 8.86. The Hall–Kier alpha value is -0.660. The van der Waals surface area contributed by atoms with E-state index >= 15 is 0 Å². The van der Waals surface area contributed by atoms with Gasteiger partial charge in [-0.05, 0) is 41.8 Å². The Labute approximate surface area is 122 Å². The van der Waals surface area contributed by atoms with Crippen LogP contribution in [0.4, 0.5) is 5.82 Å². The van der Waals surface area contributed by atoms with Crippen LogP contribution >= 0.6 is 15.9 Å². The first-order valence-corrected chi connectivity index (χ1v) is 8.51. The third kappa shape index (κ3) is 3.27. The van der Waals surface area contributed by atoms with Crippen LogP contribution in [-0.2, 0) is 10.0 Å². The second-order valence-corrected chi connectivity index (χ2v) is 7.69. The lowest BCUT2D eigenvalue weighted by Crippen LogP contribution is -2.43. The number of hydrogen-bond donors (Lipinski definition) is 2. The summed E-state index contributed by atoms with van der Waals surface area (Å²) in [4.78, 5) is 4.26. The molecule has 0 amide bonds. The number of rotatable bonds is 4. The fourth-order valence-electron chi connectivity index (χ4n) is 2.45. The van der Waals surface area contributed by atoms with E-state index in [1.807, 2.05) is 6.92 Å². The molecular weight excluding hydrogens is 330 g/mol. The molecule has 2 rings (SSSR count). The zero-order chi connectivity index (χ0) is 14.1. The van der Waals surface area contributed by atoms with Gasteiger partial charge in [0.05, 0.1) is 0 Å². The molecule has 5 nitrogen and oxygen atoms in total. The molecule has 1 aliphatic carbocycles. The van der Waals surface area contributed by atoms with E-state index in [2.05, 4.69) is 31.0 Å². The van der Waals surface area contributed by atoms with Crippen molar-refractivity contribution in [2.75, 3.05) is 12.4 Å². The van der Waals surface area contributed by atoms with Gasteiger partial charge in [0.1, 0.15) is 10.7 Å². The maximum absolute atomic E-state index is 12.5. The van der Waals surface area contributed by atoms with Crippen molar-refractivity contribution >= 4 is 31.8 Å². The highest BCUT2D eigenvalue weighted by atomic mass is 79.9. The van der Waals surface area contributed by atoms with Crippen molar-refractivity contribution in [3.8, 4) is 0 Å². The summed E-state index contributed by atoms with van der Waals surface area (Å²) in [5.41, 5.74) is -0.341. The highest BCUT2D eigenvalue weighted by Crippen LogP contribution is 2.32. The minimum Gasteiger partial charge on any atom is -0.372 e. The molecule has 0 saturated heterocycles. The van der Waals surface area contributed by atoms with Gasteiger partial charge in [0, 0.05) is 23.3 Å². The van der Waals surface area contributed by atoms with Crippen LogP contribution in [0.1, 0.15) is 32.6 Å². The Balaban J connectivity index is 2.36. The first-order valence-electron chi connectivity index (χ1n) is 6.24. The number of anilines is 1. The van der Waals surface area contributed by atoms with Crippen molar-refractivity contribution in [3.63, 3.8) is 0 Å². The van der Waals surface area contributed by atoms with Crippen molar-refractivity contribution in [3.05, 3.63) is 16.7 Å². The second-order valence-electron chi connectivity index (χ2n) is 5.12. The summed E-state index contributed by atoms with van der Waals surface area (Å²) < 4.78 is 28.5. The third-order valence-electron chi connectivity index (χ3n) is 3.43. The molecule has 1 aliphatic rings. The normalized spacial score (nSPS) is 18.5. The number of halogens is 1. The van der Waals surface area contributed by atoms with Crippen LogP contribution in [0.25, 0.3) is 0 Å². The molecule has 0 bridgehead atoms. The summed E-state index contributed by atoms with van der Waals surface area (Å²) in [7, 11) is -1.91. The molecule has 0 atom stereocenters. The van der Waals surface area contributed by atoms with Gasteiger partial charge >= 0.3 is 0 Å². The number of aromatic nitrogens is 1. The van der Waals surface area contributed by atoms with Crippen molar-refractivity contribution in [1.82, 2.24) is 9.71 Å². The minimum atomic E-state index is -3.57. The van der Waals surface area contributed by atoms with Crippen molar-refractivity contribution in [2.24, 2.45) is 0 Å². The molecule has 2 N–H and O–H groups in total. The number of hydrogen-bond acceptors (Lipinski definition) is 4.